The first kappa shape index (κ1) is 13.3. The van der Waals surface area contributed by atoms with Crippen molar-refractivity contribution in [1.82, 2.24) is 19.6 Å². The Labute approximate surface area is 124 Å². The number of aromatic nitrogens is 4. The summed E-state index contributed by atoms with van der Waals surface area (Å²) in [6, 6.07) is 6.56. The fourth-order valence-corrected chi connectivity index (χ4v) is 2.13. The van der Waals surface area contributed by atoms with Crippen molar-refractivity contribution in [3.8, 4) is 0 Å². The highest BCUT2D eigenvalue weighted by Crippen LogP contribution is 2.17. The maximum absolute atomic E-state index is 11.1. The molecule has 0 aliphatic carbocycles. The van der Waals surface area contributed by atoms with E-state index in [4.69, 9.17) is 16.7 Å². The number of carboxylic acids is 1. The molecule has 0 aliphatic heterocycles. The van der Waals surface area contributed by atoms with Crippen LogP contribution in [0.2, 0.25) is 5.02 Å². The molecular formula is C13H10ClN5O2. The van der Waals surface area contributed by atoms with Crippen molar-refractivity contribution in [3.05, 3.63) is 53.1 Å². The number of fused-ring (bicyclic) bond motifs is 1. The lowest BCUT2D eigenvalue weighted by molar-refractivity contribution is 0.0697. The number of aromatic carboxylic acids is 1. The van der Waals surface area contributed by atoms with Gasteiger partial charge < -0.3 is 10.4 Å². The van der Waals surface area contributed by atoms with Crippen LogP contribution in [0, 0.1) is 0 Å². The van der Waals surface area contributed by atoms with Gasteiger partial charge in [0.15, 0.2) is 11.5 Å². The first-order chi connectivity index (χ1) is 10.2. The van der Waals surface area contributed by atoms with E-state index in [1.54, 1.807) is 28.8 Å². The van der Waals surface area contributed by atoms with E-state index in [-0.39, 0.29) is 17.9 Å². The van der Waals surface area contributed by atoms with E-state index in [2.05, 4.69) is 20.5 Å². The minimum absolute atomic E-state index is 0.101. The molecule has 0 aliphatic rings. The summed E-state index contributed by atoms with van der Waals surface area (Å²) >= 11 is 6.02. The van der Waals surface area contributed by atoms with Gasteiger partial charge in [0.1, 0.15) is 11.4 Å². The molecule has 3 aromatic rings. The van der Waals surface area contributed by atoms with Gasteiger partial charge >= 0.3 is 5.97 Å². The van der Waals surface area contributed by atoms with Crippen LogP contribution < -0.4 is 5.32 Å². The molecule has 8 heteroatoms. The van der Waals surface area contributed by atoms with E-state index < -0.39 is 5.97 Å². The van der Waals surface area contributed by atoms with E-state index in [1.165, 1.54) is 12.3 Å². The van der Waals surface area contributed by atoms with E-state index in [1.807, 2.05) is 0 Å². The quantitative estimate of drug-likeness (QED) is 0.766. The fraction of sp³-hybridized carbons (Fsp3) is 0.0769. The molecule has 3 heterocycles. The minimum Gasteiger partial charge on any atom is -0.478 e. The lowest BCUT2D eigenvalue weighted by Gasteiger charge is -2.07. The van der Waals surface area contributed by atoms with Gasteiger partial charge in [-0.3, -0.25) is 4.40 Å². The standard InChI is InChI=1S/C13H10ClN5O2/c14-9-4-2-6-19-10(17-18-12(9)19)7-16-11-8(13(20)21)3-1-5-15-11/h1-6H,7H2,(H,15,16)(H,20,21). The number of carbonyl (C=O) groups is 1. The number of rotatable bonds is 4. The maximum Gasteiger partial charge on any atom is 0.339 e. The van der Waals surface area contributed by atoms with Crippen molar-refractivity contribution in [2.45, 2.75) is 6.54 Å². The second-order valence-electron chi connectivity index (χ2n) is 4.22. The normalized spacial score (nSPS) is 10.7. The summed E-state index contributed by atoms with van der Waals surface area (Å²) in [5.41, 5.74) is 0.653. The summed E-state index contributed by atoms with van der Waals surface area (Å²) in [7, 11) is 0. The number of carboxylic acid groups (broad SMARTS) is 1. The molecule has 7 nitrogen and oxygen atoms in total. The van der Waals surface area contributed by atoms with Crippen LogP contribution in [0.4, 0.5) is 5.82 Å². The molecule has 0 saturated carbocycles. The topological polar surface area (TPSA) is 92.4 Å². The summed E-state index contributed by atoms with van der Waals surface area (Å²) in [6.07, 6.45) is 3.31. The van der Waals surface area contributed by atoms with Crippen LogP contribution in [-0.2, 0) is 6.54 Å². The molecule has 0 atom stereocenters. The third kappa shape index (κ3) is 2.50. The van der Waals surface area contributed by atoms with Gasteiger partial charge in [-0.15, -0.1) is 10.2 Å². The highest BCUT2D eigenvalue weighted by Gasteiger charge is 2.12. The number of hydrogen-bond donors (Lipinski definition) is 2. The zero-order valence-electron chi connectivity index (χ0n) is 10.7. The molecule has 0 bridgehead atoms. The molecule has 0 radical (unpaired) electrons. The molecule has 0 unspecified atom stereocenters. The number of pyridine rings is 2. The van der Waals surface area contributed by atoms with Crippen molar-refractivity contribution in [2.24, 2.45) is 0 Å². The number of halogens is 1. The summed E-state index contributed by atoms with van der Waals surface area (Å²) in [4.78, 5) is 15.1. The highest BCUT2D eigenvalue weighted by molar-refractivity contribution is 6.33. The summed E-state index contributed by atoms with van der Waals surface area (Å²) in [5.74, 6) is -0.155. The third-order valence-corrected chi connectivity index (χ3v) is 3.20. The van der Waals surface area contributed by atoms with E-state index >= 15 is 0 Å². The molecule has 3 rings (SSSR count). The van der Waals surface area contributed by atoms with E-state index in [9.17, 15) is 4.79 Å². The molecule has 3 aromatic heterocycles. The van der Waals surface area contributed by atoms with Crippen LogP contribution in [0.3, 0.4) is 0 Å². The summed E-state index contributed by atoms with van der Waals surface area (Å²) in [5, 5.41) is 20.6. The molecule has 0 fully saturated rings. The molecule has 0 aromatic carbocycles. The van der Waals surface area contributed by atoms with Crippen molar-refractivity contribution in [1.29, 1.82) is 0 Å². The van der Waals surface area contributed by atoms with Crippen LogP contribution in [0.5, 0.6) is 0 Å². The Morgan fingerprint density at radius 1 is 1.33 bits per heavy atom. The Hall–Kier alpha value is -2.67. The zero-order chi connectivity index (χ0) is 14.8. The minimum atomic E-state index is -1.04. The average Bonchev–Trinajstić information content (AvgIpc) is 2.90. The maximum atomic E-state index is 11.1. The van der Waals surface area contributed by atoms with Gasteiger partial charge in [-0.2, -0.15) is 0 Å². The van der Waals surface area contributed by atoms with Gasteiger partial charge in [0.2, 0.25) is 0 Å². The third-order valence-electron chi connectivity index (χ3n) is 2.91. The Morgan fingerprint density at radius 3 is 3.00 bits per heavy atom. The first-order valence-electron chi connectivity index (χ1n) is 6.07. The second-order valence-corrected chi connectivity index (χ2v) is 4.63. The number of anilines is 1. The SMILES string of the molecule is O=C(O)c1cccnc1NCc1nnc2c(Cl)cccn12. The van der Waals surface area contributed by atoms with E-state index in [0.29, 0.717) is 16.5 Å². The molecular weight excluding hydrogens is 294 g/mol. The van der Waals surface area contributed by atoms with Gasteiger partial charge in [-0.25, -0.2) is 9.78 Å². The van der Waals surface area contributed by atoms with Crippen molar-refractivity contribution < 1.29 is 9.90 Å². The number of nitrogens with zero attached hydrogens (tertiary/aromatic N) is 4. The smallest absolute Gasteiger partial charge is 0.339 e. The molecule has 21 heavy (non-hydrogen) atoms. The fourth-order valence-electron chi connectivity index (χ4n) is 1.93. The van der Waals surface area contributed by atoms with Crippen molar-refractivity contribution in [3.63, 3.8) is 0 Å². The van der Waals surface area contributed by atoms with E-state index in [0.717, 1.165) is 0 Å². The van der Waals surface area contributed by atoms with Gasteiger partial charge in [-0.05, 0) is 24.3 Å². The predicted molar refractivity (Wildman–Crippen MR) is 76.5 cm³/mol. The summed E-state index contributed by atoms with van der Waals surface area (Å²) < 4.78 is 1.73. The molecule has 106 valence electrons. The van der Waals surface area contributed by atoms with Gasteiger partial charge in [0.25, 0.3) is 0 Å². The van der Waals surface area contributed by atoms with Crippen LogP contribution in [0.1, 0.15) is 16.2 Å². The Bertz CT molecular complexity index is 817. The molecule has 0 spiro atoms. The van der Waals surface area contributed by atoms with Crippen molar-refractivity contribution >= 4 is 29.0 Å². The van der Waals surface area contributed by atoms with Gasteiger partial charge in [0, 0.05) is 12.4 Å². The van der Waals surface area contributed by atoms with Crippen molar-refractivity contribution in [2.75, 3.05) is 5.32 Å². The Balaban J connectivity index is 1.88. The van der Waals surface area contributed by atoms with Crippen LogP contribution >= 0.6 is 11.6 Å². The summed E-state index contributed by atoms with van der Waals surface area (Å²) in [6.45, 7) is 0.277. The van der Waals surface area contributed by atoms with Crippen LogP contribution in [0.15, 0.2) is 36.7 Å². The van der Waals surface area contributed by atoms with Gasteiger partial charge in [0.05, 0.1) is 11.6 Å². The number of nitrogens with one attached hydrogen (secondary N) is 1. The highest BCUT2D eigenvalue weighted by atomic mass is 35.5. The number of hydrogen-bond acceptors (Lipinski definition) is 5. The van der Waals surface area contributed by atoms with Crippen LogP contribution in [-0.4, -0.2) is 30.7 Å². The molecule has 0 saturated heterocycles. The molecule has 0 amide bonds. The lowest BCUT2D eigenvalue weighted by atomic mass is 10.2. The average molecular weight is 304 g/mol. The van der Waals surface area contributed by atoms with Gasteiger partial charge in [-0.1, -0.05) is 11.6 Å². The Kier molecular flexibility index (Phi) is 3.41. The first-order valence-corrected chi connectivity index (χ1v) is 6.45. The molecule has 2 N–H and O–H groups in total. The second kappa shape index (κ2) is 5.37. The lowest BCUT2D eigenvalue weighted by Crippen LogP contribution is -2.10. The zero-order valence-corrected chi connectivity index (χ0v) is 11.4. The predicted octanol–water partition coefficient (Wildman–Crippen LogP) is 2.09. The monoisotopic (exact) mass is 303 g/mol. The van der Waals surface area contributed by atoms with Crippen LogP contribution in [0.25, 0.3) is 5.65 Å². The Morgan fingerprint density at radius 2 is 2.19 bits per heavy atom. The largest absolute Gasteiger partial charge is 0.478 e.